The number of aryl methyl sites for hydroxylation is 1. The van der Waals surface area contributed by atoms with Crippen molar-refractivity contribution in [1.82, 2.24) is 24.7 Å². The highest BCUT2D eigenvalue weighted by Crippen LogP contribution is 2.23. The van der Waals surface area contributed by atoms with Crippen molar-refractivity contribution in [3.05, 3.63) is 53.2 Å². The number of anilines is 1. The van der Waals surface area contributed by atoms with Crippen molar-refractivity contribution in [2.75, 3.05) is 18.0 Å². The normalized spacial score (nSPS) is 15.7. The Labute approximate surface area is 166 Å². The molecule has 4 heterocycles. The first-order chi connectivity index (χ1) is 13.7. The fourth-order valence-corrected chi connectivity index (χ4v) is 4.49. The molecule has 1 aliphatic rings. The smallest absolute Gasteiger partial charge is 0.226 e. The van der Waals surface area contributed by atoms with Crippen LogP contribution in [0.5, 0.6) is 0 Å². The van der Waals surface area contributed by atoms with Gasteiger partial charge in [-0.05, 0) is 38.0 Å². The number of nitrogens with zero attached hydrogens (tertiary/aromatic N) is 5. The van der Waals surface area contributed by atoms with Gasteiger partial charge in [-0.1, -0.05) is 0 Å². The van der Waals surface area contributed by atoms with E-state index in [9.17, 15) is 4.39 Å². The van der Waals surface area contributed by atoms with Crippen molar-refractivity contribution in [3.63, 3.8) is 0 Å². The molecule has 8 heteroatoms. The Hall–Kier alpha value is -2.58. The van der Waals surface area contributed by atoms with Crippen LogP contribution in [0, 0.1) is 12.7 Å². The second-order valence-corrected chi connectivity index (χ2v) is 8.11. The molecular formula is C20H21FN6S. The highest BCUT2D eigenvalue weighted by Gasteiger charge is 2.21. The van der Waals surface area contributed by atoms with Crippen LogP contribution in [0.1, 0.15) is 24.2 Å². The zero-order valence-electron chi connectivity index (χ0n) is 15.6. The first kappa shape index (κ1) is 17.5. The fourth-order valence-electron chi connectivity index (χ4n) is 3.77. The van der Waals surface area contributed by atoms with Crippen LogP contribution >= 0.6 is 11.3 Å². The number of hydrogen-bond donors (Lipinski definition) is 1. The van der Waals surface area contributed by atoms with Crippen LogP contribution in [0.25, 0.3) is 15.9 Å². The molecular weight excluding hydrogens is 375 g/mol. The molecule has 0 radical (unpaired) electrons. The van der Waals surface area contributed by atoms with E-state index >= 15 is 0 Å². The summed E-state index contributed by atoms with van der Waals surface area (Å²) < 4.78 is 15.5. The summed E-state index contributed by atoms with van der Waals surface area (Å²) in [6, 6.07) is 5.15. The van der Waals surface area contributed by atoms with Crippen molar-refractivity contribution >= 4 is 33.1 Å². The van der Waals surface area contributed by atoms with E-state index in [4.69, 9.17) is 0 Å². The predicted molar refractivity (Wildman–Crippen MR) is 109 cm³/mol. The second kappa shape index (κ2) is 7.10. The lowest BCUT2D eigenvalue weighted by atomic mass is 10.1. The SMILES string of the molecule is Cc1nc(N2CCC(NCc3cn4ccsc4n3)CC2)nc2ccc(F)cc12. The molecule has 0 unspecified atom stereocenters. The molecule has 0 aliphatic carbocycles. The van der Waals surface area contributed by atoms with Crippen LogP contribution < -0.4 is 10.2 Å². The van der Waals surface area contributed by atoms with E-state index in [0.717, 1.165) is 65.7 Å². The van der Waals surface area contributed by atoms with Gasteiger partial charge >= 0.3 is 0 Å². The number of nitrogens with one attached hydrogen (secondary N) is 1. The number of benzene rings is 1. The summed E-state index contributed by atoms with van der Waals surface area (Å²) in [6.45, 7) is 4.51. The van der Waals surface area contributed by atoms with Gasteiger partial charge in [0.25, 0.3) is 0 Å². The van der Waals surface area contributed by atoms with Gasteiger partial charge < -0.3 is 10.2 Å². The Balaban J connectivity index is 1.22. The molecule has 1 aromatic carbocycles. The zero-order chi connectivity index (χ0) is 19.1. The first-order valence-corrected chi connectivity index (χ1v) is 10.4. The summed E-state index contributed by atoms with van der Waals surface area (Å²) in [7, 11) is 0. The van der Waals surface area contributed by atoms with Crippen LogP contribution in [-0.2, 0) is 6.54 Å². The Kier molecular flexibility index (Phi) is 4.44. The molecule has 4 aromatic rings. The summed E-state index contributed by atoms with van der Waals surface area (Å²) in [4.78, 5) is 17.2. The zero-order valence-corrected chi connectivity index (χ0v) is 16.4. The number of halogens is 1. The molecule has 0 spiro atoms. The third-order valence-electron chi connectivity index (χ3n) is 5.33. The molecule has 6 nitrogen and oxygen atoms in total. The monoisotopic (exact) mass is 396 g/mol. The minimum atomic E-state index is -0.253. The largest absolute Gasteiger partial charge is 0.341 e. The third-order valence-corrected chi connectivity index (χ3v) is 6.10. The highest BCUT2D eigenvalue weighted by molar-refractivity contribution is 7.15. The summed E-state index contributed by atoms with van der Waals surface area (Å²) in [5.74, 6) is 0.487. The predicted octanol–water partition coefficient (Wildman–Crippen LogP) is 3.55. The lowest BCUT2D eigenvalue weighted by Gasteiger charge is -2.32. The van der Waals surface area contributed by atoms with E-state index in [1.807, 2.05) is 18.5 Å². The fraction of sp³-hybridized carbons (Fsp3) is 0.350. The maximum absolute atomic E-state index is 13.5. The summed E-state index contributed by atoms with van der Waals surface area (Å²) in [5, 5.41) is 6.45. The molecule has 0 amide bonds. The minimum absolute atomic E-state index is 0.253. The highest BCUT2D eigenvalue weighted by atomic mass is 32.1. The molecule has 5 rings (SSSR count). The van der Waals surface area contributed by atoms with Gasteiger partial charge in [0.15, 0.2) is 4.96 Å². The van der Waals surface area contributed by atoms with Crippen LogP contribution in [-0.4, -0.2) is 38.5 Å². The van der Waals surface area contributed by atoms with Crippen molar-refractivity contribution in [2.45, 2.75) is 32.4 Å². The van der Waals surface area contributed by atoms with Crippen molar-refractivity contribution < 1.29 is 4.39 Å². The number of hydrogen-bond acceptors (Lipinski definition) is 6. The van der Waals surface area contributed by atoms with Gasteiger partial charge in [0.05, 0.1) is 16.9 Å². The van der Waals surface area contributed by atoms with Gasteiger partial charge in [-0.3, -0.25) is 4.40 Å². The van der Waals surface area contributed by atoms with Crippen molar-refractivity contribution in [2.24, 2.45) is 0 Å². The Morgan fingerprint density at radius 3 is 2.89 bits per heavy atom. The number of rotatable bonds is 4. The van der Waals surface area contributed by atoms with E-state index in [1.54, 1.807) is 17.4 Å². The van der Waals surface area contributed by atoms with Crippen LogP contribution in [0.15, 0.2) is 36.0 Å². The molecule has 28 heavy (non-hydrogen) atoms. The van der Waals surface area contributed by atoms with Crippen LogP contribution in [0.2, 0.25) is 0 Å². The van der Waals surface area contributed by atoms with E-state index in [0.29, 0.717) is 6.04 Å². The van der Waals surface area contributed by atoms with Gasteiger partial charge in [0.2, 0.25) is 5.95 Å². The maximum Gasteiger partial charge on any atom is 0.226 e. The summed E-state index contributed by atoms with van der Waals surface area (Å²) >= 11 is 1.65. The molecule has 1 saturated heterocycles. The van der Waals surface area contributed by atoms with Gasteiger partial charge in [0.1, 0.15) is 5.82 Å². The Morgan fingerprint density at radius 2 is 2.07 bits per heavy atom. The van der Waals surface area contributed by atoms with Crippen molar-refractivity contribution in [3.8, 4) is 0 Å². The quantitative estimate of drug-likeness (QED) is 0.572. The molecule has 1 fully saturated rings. The number of fused-ring (bicyclic) bond motifs is 2. The van der Waals surface area contributed by atoms with Crippen LogP contribution in [0.3, 0.4) is 0 Å². The lowest BCUT2D eigenvalue weighted by molar-refractivity contribution is 0.410. The molecule has 0 saturated carbocycles. The van der Waals surface area contributed by atoms with E-state index in [-0.39, 0.29) is 5.82 Å². The molecule has 144 valence electrons. The molecule has 0 bridgehead atoms. The standard InChI is InChI=1S/C20H21FN6S/c1-13-17-10-14(21)2-3-18(17)25-19(23-13)26-6-4-15(5-7-26)22-11-16-12-27-8-9-28-20(27)24-16/h2-3,8-10,12,15,22H,4-7,11H2,1H3. The number of imidazole rings is 1. The minimum Gasteiger partial charge on any atom is -0.341 e. The van der Waals surface area contributed by atoms with E-state index in [2.05, 4.69) is 35.8 Å². The molecule has 3 aromatic heterocycles. The summed E-state index contributed by atoms with van der Waals surface area (Å²) in [5.41, 5.74) is 2.69. The Morgan fingerprint density at radius 1 is 1.21 bits per heavy atom. The van der Waals surface area contributed by atoms with E-state index in [1.165, 1.54) is 12.1 Å². The van der Waals surface area contributed by atoms with Gasteiger partial charge in [-0.15, -0.1) is 11.3 Å². The number of piperidine rings is 1. The van der Waals surface area contributed by atoms with Gasteiger partial charge in [0, 0.05) is 48.8 Å². The second-order valence-electron chi connectivity index (χ2n) is 7.24. The topological polar surface area (TPSA) is 58.4 Å². The first-order valence-electron chi connectivity index (χ1n) is 9.49. The van der Waals surface area contributed by atoms with Crippen molar-refractivity contribution in [1.29, 1.82) is 0 Å². The van der Waals surface area contributed by atoms with E-state index < -0.39 is 0 Å². The average Bonchev–Trinajstić information content (AvgIpc) is 3.29. The molecule has 1 N–H and O–H groups in total. The lowest BCUT2D eigenvalue weighted by Crippen LogP contribution is -2.43. The van der Waals surface area contributed by atoms with Gasteiger partial charge in [-0.2, -0.15) is 0 Å². The summed E-state index contributed by atoms with van der Waals surface area (Å²) in [6.07, 6.45) is 6.19. The van der Waals surface area contributed by atoms with Crippen LogP contribution in [0.4, 0.5) is 10.3 Å². The molecule has 0 atom stereocenters. The third kappa shape index (κ3) is 3.33. The Bertz CT molecular complexity index is 1100. The molecule has 1 aliphatic heterocycles. The number of aromatic nitrogens is 4. The average molecular weight is 396 g/mol. The number of thiazole rings is 1. The maximum atomic E-state index is 13.5. The van der Waals surface area contributed by atoms with Gasteiger partial charge in [-0.25, -0.2) is 19.3 Å².